The zero-order chi connectivity index (χ0) is 20.7. The summed E-state index contributed by atoms with van der Waals surface area (Å²) in [6.45, 7) is 0.952. The first-order valence-corrected chi connectivity index (χ1v) is 9.83. The van der Waals surface area contributed by atoms with Crippen LogP contribution in [-0.2, 0) is 4.74 Å². The van der Waals surface area contributed by atoms with E-state index < -0.39 is 6.17 Å². The number of aromatic hydroxyl groups is 1. The van der Waals surface area contributed by atoms with Gasteiger partial charge in [-0.15, -0.1) is 10.2 Å². The zero-order valence-electron chi connectivity index (χ0n) is 16.4. The predicted octanol–water partition coefficient (Wildman–Crippen LogP) is 1.54. The number of hydrogen-bond donors (Lipinski definition) is 3. The van der Waals surface area contributed by atoms with Crippen LogP contribution in [0.1, 0.15) is 6.42 Å². The second-order valence-corrected chi connectivity index (χ2v) is 7.73. The number of hydrogen-bond acceptors (Lipinski definition) is 8. The third kappa shape index (κ3) is 3.37. The summed E-state index contributed by atoms with van der Waals surface area (Å²) in [6, 6.07) is 4.74. The fraction of sp³-hybridized carbons (Fsp3) is 0.400. The second-order valence-electron chi connectivity index (χ2n) is 7.73. The Labute approximate surface area is 172 Å². The maximum absolute atomic E-state index is 14.9. The molecule has 9 nitrogen and oxygen atoms in total. The number of nitrogens with zero attached hydrogens (tertiary/aromatic N) is 5. The Morgan fingerprint density at radius 1 is 1.20 bits per heavy atom. The van der Waals surface area contributed by atoms with Crippen LogP contribution in [0.2, 0.25) is 0 Å². The number of nitrogens with one attached hydrogen (secondary N) is 2. The molecule has 2 fully saturated rings. The molecule has 4 atom stereocenters. The van der Waals surface area contributed by atoms with Gasteiger partial charge in [0.2, 0.25) is 5.95 Å². The van der Waals surface area contributed by atoms with Crippen LogP contribution in [0, 0.1) is 0 Å². The fourth-order valence-corrected chi connectivity index (χ4v) is 4.16. The Hall–Kier alpha value is -3.11. The third-order valence-electron chi connectivity index (χ3n) is 5.81. The molecule has 2 aliphatic heterocycles. The van der Waals surface area contributed by atoms with E-state index in [2.05, 4.69) is 30.7 Å². The Kier molecular flexibility index (Phi) is 4.80. The largest absolute Gasteiger partial charge is 0.507 e. The quantitative estimate of drug-likeness (QED) is 0.593. The number of ether oxygens (including phenoxy) is 1. The highest BCUT2D eigenvalue weighted by Crippen LogP contribution is 2.32. The number of aromatic amines is 1. The van der Waals surface area contributed by atoms with Gasteiger partial charge in [-0.05, 0) is 24.1 Å². The normalized spacial score (nSPS) is 25.8. The van der Waals surface area contributed by atoms with E-state index in [1.165, 1.54) is 0 Å². The smallest absolute Gasteiger partial charge is 0.245 e. The summed E-state index contributed by atoms with van der Waals surface area (Å²) < 4.78 is 20.4. The first-order chi connectivity index (χ1) is 14.6. The highest BCUT2D eigenvalue weighted by atomic mass is 19.1. The van der Waals surface area contributed by atoms with Crippen molar-refractivity contribution in [1.29, 1.82) is 0 Å². The number of aromatic nitrogens is 5. The number of fused-ring (bicyclic) bond motifs is 2. The minimum absolute atomic E-state index is 0.0703. The van der Waals surface area contributed by atoms with Gasteiger partial charge < -0.3 is 20.1 Å². The second kappa shape index (κ2) is 7.62. The molecule has 30 heavy (non-hydrogen) atoms. The minimum atomic E-state index is -1.09. The SMILES string of the molecule is CN(c1ncc(-c2ccc(-c3cn[nH]c3)cc2O)nn1)[C@H]1C[C@@H]2COC[C@@H](N2)[C@H]1F. The number of H-pyrrole nitrogens is 1. The van der Waals surface area contributed by atoms with Gasteiger partial charge in [0.25, 0.3) is 0 Å². The molecule has 0 unspecified atom stereocenters. The Morgan fingerprint density at radius 2 is 2.10 bits per heavy atom. The van der Waals surface area contributed by atoms with E-state index in [4.69, 9.17) is 4.74 Å². The molecule has 2 aromatic heterocycles. The molecule has 0 aliphatic carbocycles. The maximum Gasteiger partial charge on any atom is 0.245 e. The van der Waals surface area contributed by atoms with Crippen molar-refractivity contribution in [3.63, 3.8) is 0 Å². The fourth-order valence-electron chi connectivity index (χ4n) is 4.16. The number of halogens is 1. The molecular formula is C20H22FN7O2. The lowest BCUT2D eigenvalue weighted by Crippen LogP contribution is -2.65. The van der Waals surface area contributed by atoms with Crippen molar-refractivity contribution in [3.05, 3.63) is 36.8 Å². The summed E-state index contributed by atoms with van der Waals surface area (Å²) in [5, 5.41) is 28.8. The lowest BCUT2D eigenvalue weighted by Gasteiger charge is -2.45. The van der Waals surface area contributed by atoms with E-state index in [0.717, 1.165) is 11.1 Å². The summed E-state index contributed by atoms with van der Waals surface area (Å²) in [6.07, 6.45) is 4.49. The molecule has 2 bridgehead atoms. The van der Waals surface area contributed by atoms with E-state index in [1.807, 2.05) is 6.07 Å². The molecule has 0 radical (unpaired) electrons. The molecule has 0 saturated carbocycles. The molecule has 5 rings (SSSR count). The molecular weight excluding hydrogens is 389 g/mol. The van der Waals surface area contributed by atoms with Crippen molar-refractivity contribution in [1.82, 2.24) is 30.7 Å². The third-order valence-corrected chi connectivity index (χ3v) is 5.81. The lowest BCUT2D eigenvalue weighted by molar-refractivity contribution is -0.0176. The van der Waals surface area contributed by atoms with E-state index in [1.54, 1.807) is 42.7 Å². The van der Waals surface area contributed by atoms with Gasteiger partial charge in [-0.1, -0.05) is 6.07 Å². The zero-order valence-corrected chi connectivity index (χ0v) is 16.4. The summed E-state index contributed by atoms with van der Waals surface area (Å²) in [5.41, 5.74) is 2.66. The first-order valence-electron chi connectivity index (χ1n) is 9.83. The molecule has 4 heterocycles. The molecule has 156 valence electrons. The van der Waals surface area contributed by atoms with Gasteiger partial charge >= 0.3 is 0 Å². The van der Waals surface area contributed by atoms with Gasteiger partial charge in [0.1, 0.15) is 17.6 Å². The molecule has 2 saturated heterocycles. The van der Waals surface area contributed by atoms with Crippen LogP contribution in [0.4, 0.5) is 10.3 Å². The molecule has 10 heteroatoms. The van der Waals surface area contributed by atoms with Crippen molar-refractivity contribution >= 4 is 5.95 Å². The summed E-state index contributed by atoms with van der Waals surface area (Å²) in [7, 11) is 1.78. The van der Waals surface area contributed by atoms with Gasteiger partial charge in [0.15, 0.2) is 0 Å². The van der Waals surface area contributed by atoms with Gasteiger partial charge in [-0.2, -0.15) is 5.10 Å². The van der Waals surface area contributed by atoms with Crippen molar-refractivity contribution < 1.29 is 14.2 Å². The van der Waals surface area contributed by atoms with Crippen molar-refractivity contribution in [2.24, 2.45) is 0 Å². The van der Waals surface area contributed by atoms with E-state index >= 15 is 0 Å². The minimum Gasteiger partial charge on any atom is -0.507 e. The van der Waals surface area contributed by atoms with Crippen molar-refractivity contribution in [2.45, 2.75) is 30.7 Å². The number of rotatable bonds is 4. The topological polar surface area (TPSA) is 112 Å². The highest BCUT2D eigenvalue weighted by molar-refractivity contribution is 5.73. The lowest BCUT2D eigenvalue weighted by atomic mass is 9.90. The van der Waals surface area contributed by atoms with E-state index in [0.29, 0.717) is 36.8 Å². The summed E-state index contributed by atoms with van der Waals surface area (Å²) in [5.74, 6) is 0.419. The van der Waals surface area contributed by atoms with Gasteiger partial charge in [-0.3, -0.25) is 5.10 Å². The summed E-state index contributed by atoms with van der Waals surface area (Å²) >= 11 is 0. The Bertz CT molecular complexity index is 1010. The molecule has 3 aromatic rings. The van der Waals surface area contributed by atoms with E-state index in [9.17, 15) is 9.50 Å². The van der Waals surface area contributed by atoms with Crippen molar-refractivity contribution in [2.75, 3.05) is 25.2 Å². The van der Waals surface area contributed by atoms with Gasteiger partial charge in [-0.25, -0.2) is 9.37 Å². The number of benzene rings is 1. The maximum atomic E-state index is 14.9. The van der Waals surface area contributed by atoms with Crippen LogP contribution < -0.4 is 10.2 Å². The number of anilines is 1. The molecule has 0 amide bonds. The average Bonchev–Trinajstić information content (AvgIpc) is 3.31. The number of morpholine rings is 1. The number of phenolic OH excluding ortho intramolecular Hbond substituents is 1. The molecule has 1 aromatic carbocycles. The van der Waals surface area contributed by atoms with Crippen LogP contribution in [0.25, 0.3) is 22.4 Å². The number of alkyl halides is 1. The highest BCUT2D eigenvalue weighted by Gasteiger charge is 2.42. The average molecular weight is 411 g/mol. The van der Waals surface area contributed by atoms with Crippen molar-refractivity contribution in [3.8, 4) is 28.1 Å². The van der Waals surface area contributed by atoms with Crippen LogP contribution in [0.5, 0.6) is 5.75 Å². The molecule has 0 spiro atoms. The van der Waals surface area contributed by atoms with Gasteiger partial charge in [0.05, 0.1) is 37.7 Å². The van der Waals surface area contributed by atoms with E-state index in [-0.39, 0.29) is 23.9 Å². The van der Waals surface area contributed by atoms with Gasteiger partial charge in [0, 0.05) is 30.4 Å². The Morgan fingerprint density at radius 3 is 2.83 bits per heavy atom. The van der Waals surface area contributed by atoms with Crippen LogP contribution in [0.15, 0.2) is 36.8 Å². The number of piperidine rings is 1. The number of phenols is 1. The summed E-state index contributed by atoms with van der Waals surface area (Å²) in [4.78, 5) is 6.13. The first kappa shape index (κ1) is 18.9. The standard InChI is InChI=1S/C20H22FN7O2/c1-28(17-5-13-9-30-10-16(25-13)19(17)21)20-22-8-15(26-27-20)14-3-2-11(4-18(14)29)12-6-23-24-7-12/h2-4,6-8,13,16-17,19,25,29H,5,9-10H2,1H3,(H,23,24)/t13-,16-,17+,19-/m1/s1. The predicted molar refractivity (Wildman–Crippen MR) is 108 cm³/mol. The van der Waals surface area contributed by atoms with Crippen LogP contribution >= 0.6 is 0 Å². The molecule has 3 N–H and O–H groups in total. The molecule has 2 aliphatic rings. The van der Waals surface area contributed by atoms with Crippen LogP contribution in [0.3, 0.4) is 0 Å². The van der Waals surface area contributed by atoms with Crippen LogP contribution in [-0.4, -0.2) is 75.0 Å². The Balaban J connectivity index is 1.35. The monoisotopic (exact) mass is 411 g/mol.